The highest BCUT2D eigenvalue weighted by Gasteiger charge is 2.12. The van der Waals surface area contributed by atoms with Crippen molar-refractivity contribution < 1.29 is 10.2 Å². The minimum atomic E-state index is -0.633. The van der Waals surface area contributed by atoms with Crippen molar-refractivity contribution in [2.75, 3.05) is 0 Å². The lowest BCUT2D eigenvalue weighted by Gasteiger charge is -2.15. The number of hydrogen-bond acceptors (Lipinski definition) is 2. The summed E-state index contributed by atoms with van der Waals surface area (Å²) >= 11 is 0. The van der Waals surface area contributed by atoms with Gasteiger partial charge in [0.2, 0.25) is 0 Å². The van der Waals surface area contributed by atoms with Crippen LogP contribution in [0.25, 0.3) is 0 Å². The topological polar surface area (TPSA) is 40.5 Å². The monoisotopic (exact) mass is 159 g/mol. The molecule has 67 valence electrons. The third kappa shape index (κ3) is 5.22. The van der Waals surface area contributed by atoms with Gasteiger partial charge in [0.1, 0.15) is 0 Å². The number of aliphatic hydroxyl groups is 2. The molecule has 0 aliphatic carbocycles. The van der Waals surface area contributed by atoms with Crippen molar-refractivity contribution in [3.63, 3.8) is 0 Å². The average Bonchev–Trinajstić information content (AvgIpc) is 2.03. The van der Waals surface area contributed by atoms with E-state index in [1.165, 1.54) is 0 Å². The molecule has 2 atom stereocenters. The third-order valence-electron chi connectivity index (χ3n) is 1.84. The quantitative estimate of drug-likeness (QED) is 0.577. The first-order valence-electron chi connectivity index (χ1n) is 4.37. The van der Waals surface area contributed by atoms with Crippen molar-refractivity contribution in [3.05, 3.63) is 6.92 Å². The lowest BCUT2D eigenvalue weighted by molar-refractivity contribution is 0.0149. The molecule has 0 spiro atoms. The lowest BCUT2D eigenvalue weighted by Crippen LogP contribution is -2.24. The molecule has 0 aliphatic rings. The van der Waals surface area contributed by atoms with Crippen LogP contribution in [0.2, 0.25) is 0 Å². The van der Waals surface area contributed by atoms with E-state index in [1.54, 1.807) is 0 Å². The van der Waals surface area contributed by atoms with Crippen LogP contribution in [0.1, 0.15) is 39.0 Å². The van der Waals surface area contributed by atoms with Crippen LogP contribution in [0.3, 0.4) is 0 Å². The third-order valence-corrected chi connectivity index (χ3v) is 1.84. The second kappa shape index (κ2) is 6.62. The van der Waals surface area contributed by atoms with E-state index in [0.717, 1.165) is 19.3 Å². The second-order valence-corrected chi connectivity index (χ2v) is 2.92. The van der Waals surface area contributed by atoms with Crippen molar-refractivity contribution in [2.45, 2.75) is 51.2 Å². The molecule has 2 heteroatoms. The number of hydrogen-bond donors (Lipinski definition) is 2. The molecule has 0 bridgehead atoms. The summed E-state index contributed by atoms with van der Waals surface area (Å²) < 4.78 is 0. The van der Waals surface area contributed by atoms with E-state index in [-0.39, 0.29) is 0 Å². The maximum atomic E-state index is 9.25. The zero-order chi connectivity index (χ0) is 8.69. The molecular weight excluding hydrogens is 140 g/mol. The summed E-state index contributed by atoms with van der Waals surface area (Å²) in [6.07, 6.45) is 3.16. The Labute approximate surface area is 69.2 Å². The molecule has 0 fully saturated rings. The van der Waals surface area contributed by atoms with Crippen molar-refractivity contribution in [1.29, 1.82) is 0 Å². The highest BCUT2D eigenvalue weighted by atomic mass is 16.3. The Kier molecular flexibility index (Phi) is 6.57. The minimum absolute atomic E-state index is 0.396. The lowest BCUT2D eigenvalue weighted by atomic mass is 10.0. The number of rotatable bonds is 6. The average molecular weight is 159 g/mol. The van der Waals surface area contributed by atoms with Crippen LogP contribution in [0.4, 0.5) is 0 Å². The molecule has 0 amide bonds. The summed E-state index contributed by atoms with van der Waals surface area (Å²) in [4.78, 5) is 0. The molecule has 0 aromatic rings. The summed E-state index contributed by atoms with van der Waals surface area (Å²) in [6.45, 7) is 5.64. The highest BCUT2D eigenvalue weighted by Crippen LogP contribution is 2.08. The van der Waals surface area contributed by atoms with Crippen molar-refractivity contribution >= 4 is 0 Å². The Bertz CT molecular complexity index is 83.6. The molecule has 0 aromatic heterocycles. The smallest absolute Gasteiger partial charge is 0.0799 e. The Morgan fingerprint density at radius 2 is 1.82 bits per heavy atom. The van der Waals surface area contributed by atoms with Gasteiger partial charge in [-0.2, -0.15) is 0 Å². The summed E-state index contributed by atoms with van der Waals surface area (Å²) in [5.41, 5.74) is 0. The molecule has 2 unspecified atom stereocenters. The molecule has 11 heavy (non-hydrogen) atoms. The van der Waals surface area contributed by atoms with E-state index in [4.69, 9.17) is 5.11 Å². The van der Waals surface area contributed by atoms with Crippen LogP contribution >= 0.6 is 0 Å². The zero-order valence-corrected chi connectivity index (χ0v) is 7.29. The van der Waals surface area contributed by atoms with Gasteiger partial charge in [-0.05, 0) is 12.8 Å². The van der Waals surface area contributed by atoms with Gasteiger partial charge in [-0.25, -0.2) is 0 Å². The Morgan fingerprint density at radius 1 is 1.18 bits per heavy atom. The molecule has 0 saturated carbocycles. The minimum Gasteiger partial charge on any atom is -0.390 e. The van der Waals surface area contributed by atoms with Crippen molar-refractivity contribution in [3.8, 4) is 0 Å². The summed E-state index contributed by atoms with van der Waals surface area (Å²) in [6, 6.07) is 0. The molecule has 0 saturated heterocycles. The second-order valence-electron chi connectivity index (χ2n) is 2.92. The first-order chi connectivity index (χ1) is 5.22. The predicted molar refractivity (Wildman–Crippen MR) is 46.1 cm³/mol. The van der Waals surface area contributed by atoms with Crippen molar-refractivity contribution in [1.82, 2.24) is 0 Å². The van der Waals surface area contributed by atoms with Gasteiger partial charge in [-0.15, -0.1) is 0 Å². The van der Waals surface area contributed by atoms with Gasteiger partial charge in [-0.3, -0.25) is 0 Å². The van der Waals surface area contributed by atoms with Crippen molar-refractivity contribution in [2.24, 2.45) is 0 Å². The van der Waals surface area contributed by atoms with Gasteiger partial charge in [0.05, 0.1) is 12.2 Å². The van der Waals surface area contributed by atoms with Crippen LogP contribution in [0.5, 0.6) is 0 Å². The molecule has 0 rings (SSSR count). The molecule has 2 N–H and O–H groups in total. The molecule has 0 heterocycles. The summed E-state index contributed by atoms with van der Waals surface area (Å²) in [5, 5.41) is 18.4. The molecular formula is C9H19O2. The van der Waals surface area contributed by atoms with Crippen LogP contribution in [-0.4, -0.2) is 22.4 Å². The van der Waals surface area contributed by atoms with E-state index in [9.17, 15) is 5.11 Å². The molecule has 2 nitrogen and oxygen atoms in total. The molecule has 0 aromatic carbocycles. The standard InChI is InChI=1S/C9H19O2/c1-3-5-6-7-9(11)8(10)4-2/h8-11H,2-7H2,1H3. The zero-order valence-electron chi connectivity index (χ0n) is 7.29. The fraction of sp³-hybridized carbons (Fsp3) is 0.889. The SMILES string of the molecule is [CH2]CC(O)C(O)CCCCC. The molecule has 0 aliphatic heterocycles. The van der Waals surface area contributed by atoms with Crippen LogP contribution < -0.4 is 0 Å². The van der Waals surface area contributed by atoms with Crippen LogP contribution in [0.15, 0.2) is 0 Å². The maximum Gasteiger partial charge on any atom is 0.0799 e. The van der Waals surface area contributed by atoms with Gasteiger partial charge >= 0.3 is 0 Å². The first-order valence-corrected chi connectivity index (χ1v) is 4.37. The fourth-order valence-electron chi connectivity index (χ4n) is 0.988. The Hall–Kier alpha value is -0.0800. The van der Waals surface area contributed by atoms with E-state index >= 15 is 0 Å². The Morgan fingerprint density at radius 3 is 2.27 bits per heavy atom. The predicted octanol–water partition coefficient (Wildman–Crippen LogP) is 1.51. The number of aliphatic hydroxyl groups excluding tert-OH is 2. The first kappa shape index (κ1) is 10.9. The number of unbranched alkanes of at least 4 members (excludes halogenated alkanes) is 2. The van der Waals surface area contributed by atoms with Gasteiger partial charge in [-0.1, -0.05) is 33.1 Å². The summed E-state index contributed by atoms with van der Waals surface area (Å²) in [5.74, 6) is 0. The van der Waals surface area contributed by atoms with E-state index in [0.29, 0.717) is 12.8 Å². The van der Waals surface area contributed by atoms with Crippen LogP contribution in [0, 0.1) is 6.92 Å². The largest absolute Gasteiger partial charge is 0.390 e. The van der Waals surface area contributed by atoms with Gasteiger partial charge in [0, 0.05) is 0 Å². The van der Waals surface area contributed by atoms with Crippen LogP contribution in [-0.2, 0) is 0 Å². The fourth-order valence-corrected chi connectivity index (χ4v) is 0.988. The van der Waals surface area contributed by atoms with E-state index in [1.807, 2.05) is 0 Å². The van der Waals surface area contributed by atoms with Gasteiger partial charge < -0.3 is 10.2 Å². The van der Waals surface area contributed by atoms with E-state index < -0.39 is 12.2 Å². The Balaban J connectivity index is 3.28. The van der Waals surface area contributed by atoms with E-state index in [2.05, 4.69) is 13.8 Å². The molecule has 1 radical (unpaired) electrons. The van der Waals surface area contributed by atoms with Gasteiger partial charge in [0.25, 0.3) is 0 Å². The highest BCUT2D eigenvalue weighted by molar-refractivity contribution is 4.67. The normalized spacial score (nSPS) is 16.4. The summed E-state index contributed by atoms with van der Waals surface area (Å²) in [7, 11) is 0. The van der Waals surface area contributed by atoms with Gasteiger partial charge in [0.15, 0.2) is 0 Å². The maximum absolute atomic E-state index is 9.25.